The van der Waals surface area contributed by atoms with Crippen LogP contribution in [0, 0.1) is 12.3 Å². The normalized spacial score (nSPS) is 24.6. The Morgan fingerprint density at radius 3 is 2.30 bits per heavy atom. The largest absolute Gasteiger partial charge is 0.393 e. The zero-order valence-corrected chi connectivity index (χ0v) is 17.6. The van der Waals surface area contributed by atoms with Crippen molar-refractivity contribution in [3.05, 3.63) is 64.7 Å². The number of benzene rings is 2. The lowest BCUT2D eigenvalue weighted by Crippen LogP contribution is -2.33. The van der Waals surface area contributed by atoms with Crippen LogP contribution in [0.2, 0.25) is 5.02 Å². The summed E-state index contributed by atoms with van der Waals surface area (Å²) in [6.45, 7) is 4.48. The van der Waals surface area contributed by atoms with Crippen molar-refractivity contribution in [2.45, 2.75) is 29.9 Å². The summed E-state index contributed by atoms with van der Waals surface area (Å²) in [7, 11) is -3.68. The monoisotopic (exact) mass is 423 g/mol. The minimum atomic E-state index is -3.68. The van der Waals surface area contributed by atoms with Crippen LogP contribution in [0.4, 0.5) is 0 Å². The minimum absolute atomic E-state index is 0.170. The van der Waals surface area contributed by atoms with Crippen LogP contribution >= 0.6 is 23.8 Å². The average molecular weight is 424 g/mol. The summed E-state index contributed by atoms with van der Waals surface area (Å²) >= 11 is 11.3. The first-order valence-corrected chi connectivity index (χ1v) is 11.0. The van der Waals surface area contributed by atoms with Crippen LogP contribution in [0.1, 0.15) is 24.0 Å². The Bertz CT molecular complexity index is 942. The lowest BCUT2D eigenvalue weighted by Gasteiger charge is -2.17. The average Bonchev–Trinajstić information content (AvgIpc) is 3.32. The van der Waals surface area contributed by atoms with Crippen molar-refractivity contribution in [3.63, 3.8) is 0 Å². The maximum absolute atomic E-state index is 13.4. The maximum Gasteiger partial charge on any atom is 0.182 e. The van der Waals surface area contributed by atoms with Crippen LogP contribution in [0.25, 0.3) is 0 Å². The van der Waals surface area contributed by atoms with E-state index in [1.165, 1.54) is 12.1 Å². The number of nitrogens with two attached hydrogens (primary N) is 1. The summed E-state index contributed by atoms with van der Waals surface area (Å²) in [4.78, 5) is 0.382. The highest BCUT2D eigenvalue weighted by Gasteiger charge is 2.73. The molecule has 7 heteroatoms. The smallest absolute Gasteiger partial charge is 0.182 e. The lowest BCUT2D eigenvalue weighted by molar-refractivity contribution is 0.121. The summed E-state index contributed by atoms with van der Waals surface area (Å²) in [5.74, 6) is -0.345. The Hall–Kier alpha value is -1.47. The third kappa shape index (κ3) is 3.51. The Morgan fingerprint density at radius 1 is 1.19 bits per heavy atom. The molecule has 1 saturated carbocycles. The Kier molecular flexibility index (Phi) is 5.64. The van der Waals surface area contributed by atoms with Gasteiger partial charge >= 0.3 is 0 Å². The Morgan fingerprint density at radius 2 is 1.78 bits per heavy atom. The van der Waals surface area contributed by atoms with Gasteiger partial charge in [0.2, 0.25) is 0 Å². The molecule has 3 rings (SSSR count). The fraction of sp³-hybridized carbons (Fsp3) is 0.350. The van der Waals surface area contributed by atoms with Crippen molar-refractivity contribution in [1.82, 2.24) is 0 Å². The molecule has 0 unspecified atom stereocenters. The molecule has 2 N–H and O–H groups in total. The van der Waals surface area contributed by atoms with Gasteiger partial charge in [-0.3, -0.25) is 0 Å². The molecule has 0 aliphatic heterocycles. The molecule has 0 bridgehead atoms. The number of halogens is 1. The van der Waals surface area contributed by atoms with Crippen LogP contribution in [-0.2, 0) is 14.6 Å². The van der Waals surface area contributed by atoms with Gasteiger partial charge in [-0.2, -0.15) is 0 Å². The molecule has 3 atom stereocenters. The highest BCUT2D eigenvalue weighted by Crippen LogP contribution is 2.64. The molecule has 1 aliphatic rings. The van der Waals surface area contributed by atoms with Crippen LogP contribution in [0.5, 0.6) is 0 Å². The summed E-state index contributed by atoms with van der Waals surface area (Å²) in [5.41, 5.74) is 7.17. The number of aryl methyl sites for hydroxylation is 1. The first-order chi connectivity index (χ1) is 12.7. The van der Waals surface area contributed by atoms with Crippen molar-refractivity contribution >= 4 is 38.6 Å². The number of rotatable bonds is 7. The number of hydrogen-bond acceptors (Lipinski definition) is 4. The summed E-state index contributed by atoms with van der Waals surface area (Å²) in [6, 6.07) is 14.0. The van der Waals surface area contributed by atoms with Gasteiger partial charge in [0.05, 0.1) is 27.2 Å². The first-order valence-electron chi connectivity index (χ1n) is 8.69. The summed E-state index contributed by atoms with van der Waals surface area (Å²) in [6.07, 6.45) is 0. The van der Waals surface area contributed by atoms with E-state index < -0.39 is 20.5 Å². The SMILES string of the molecule is CCOC[C@@]1(C(N)=S)[C@@H](c2ccc(C)cc2)[C@@H]1S(=O)(=O)c1ccc(Cl)cc1. The van der Waals surface area contributed by atoms with E-state index in [1.807, 2.05) is 38.1 Å². The Labute approximate surface area is 170 Å². The molecular weight excluding hydrogens is 402 g/mol. The third-order valence-corrected chi connectivity index (χ3v) is 8.10. The molecule has 2 aromatic carbocycles. The molecule has 27 heavy (non-hydrogen) atoms. The van der Waals surface area contributed by atoms with Crippen molar-refractivity contribution in [3.8, 4) is 0 Å². The number of thiocarbonyl (C=S) groups is 1. The number of ether oxygens (including phenoxy) is 1. The second kappa shape index (κ2) is 7.51. The van der Waals surface area contributed by atoms with E-state index in [0.717, 1.165) is 11.1 Å². The molecular formula is C20H22ClNO3S2. The minimum Gasteiger partial charge on any atom is -0.393 e. The van der Waals surface area contributed by atoms with Crippen molar-refractivity contribution in [2.24, 2.45) is 11.1 Å². The van der Waals surface area contributed by atoms with Gasteiger partial charge < -0.3 is 10.5 Å². The van der Waals surface area contributed by atoms with E-state index in [-0.39, 0.29) is 22.4 Å². The molecule has 2 aromatic rings. The standard InChI is InChI=1S/C20H22ClNO3S2/c1-3-25-12-20(19(22)26)17(14-6-4-13(2)5-7-14)18(20)27(23,24)16-10-8-15(21)9-11-16/h4-11,17-18H,3,12H2,1-2H3,(H2,22,26)/t17-,18-,20+/m0/s1. The second-order valence-corrected chi connectivity index (χ2v) is 9.80. The zero-order chi connectivity index (χ0) is 19.8. The van der Waals surface area contributed by atoms with E-state index in [2.05, 4.69) is 0 Å². The molecule has 0 heterocycles. The van der Waals surface area contributed by atoms with E-state index in [0.29, 0.717) is 11.6 Å². The summed E-state index contributed by atoms with van der Waals surface area (Å²) < 4.78 is 32.5. The third-order valence-electron chi connectivity index (χ3n) is 5.17. The van der Waals surface area contributed by atoms with Crippen LogP contribution in [-0.4, -0.2) is 31.9 Å². The zero-order valence-electron chi connectivity index (χ0n) is 15.2. The molecule has 0 amide bonds. The fourth-order valence-electron chi connectivity index (χ4n) is 3.69. The molecule has 144 valence electrons. The van der Waals surface area contributed by atoms with Gasteiger partial charge in [0.1, 0.15) is 0 Å². The number of sulfone groups is 1. The van der Waals surface area contributed by atoms with E-state index >= 15 is 0 Å². The molecule has 0 saturated heterocycles. The van der Waals surface area contributed by atoms with Gasteiger partial charge in [0.15, 0.2) is 9.84 Å². The van der Waals surface area contributed by atoms with Gasteiger partial charge in [-0.15, -0.1) is 0 Å². The molecule has 0 spiro atoms. The molecule has 1 aliphatic carbocycles. The highest BCUT2D eigenvalue weighted by molar-refractivity contribution is 7.92. The second-order valence-electron chi connectivity index (χ2n) is 6.85. The van der Waals surface area contributed by atoms with Gasteiger partial charge in [0, 0.05) is 17.5 Å². The van der Waals surface area contributed by atoms with E-state index in [1.54, 1.807) is 12.1 Å². The maximum atomic E-state index is 13.4. The van der Waals surface area contributed by atoms with Crippen molar-refractivity contribution in [1.29, 1.82) is 0 Å². The predicted molar refractivity (Wildman–Crippen MR) is 112 cm³/mol. The van der Waals surface area contributed by atoms with E-state index in [9.17, 15) is 8.42 Å². The van der Waals surface area contributed by atoms with E-state index in [4.69, 9.17) is 34.3 Å². The molecule has 0 aromatic heterocycles. The fourth-order valence-corrected chi connectivity index (χ4v) is 6.58. The molecule has 0 radical (unpaired) electrons. The van der Waals surface area contributed by atoms with Crippen LogP contribution in [0.3, 0.4) is 0 Å². The van der Waals surface area contributed by atoms with Crippen molar-refractivity contribution < 1.29 is 13.2 Å². The van der Waals surface area contributed by atoms with Gasteiger partial charge in [-0.1, -0.05) is 53.6 Å². The first kappa shape index (κ1) is 20.3. The van der Waals surface area contributed by atoms with Crippen molar-refractivity contribution in [2.75, 3.05) is 13.2 Å². The topological polar surface area (TPSA) is 69.4 Å². The molecule has 1 fully saturated rings. The van der Waals surface area contributed by atoms with Gasteiger partial charge in [-0.05, 0) is 43.7 Å². The Balaban J connectivity index is 2.10. The number of hydrogen-bond donors (Lipinski definition) is 1. The van der Waals surface area contributed by atoms with Gasteiger partial charge in [0.25, 0.3) is 0 Å². The quantitative estimate of drug-likeness (QED) is 0.684. The van der Waals surface area contributed by atoms with Gasteiger partial charge in [-0.25, -0.2) is 8.42 Å². The predicted octanol–water partition coefficient (Wildman–Crippen LogP) is 3.90. The van der Waals surface area contributed by atoms with Crippen LogP contribution in [0.15, 0.2) is 53.4 Å². The molecule has 4 nitrogen and oxygen atoms in total. The van der Waals surface area contributed by atoms with Crippen LogP contribution < -0.4 is 5.73 Å². The summed E-state index contributed by atoms with van der Waals surface area (Å²) in [5, 5.41) is -0.285. The highest BCUT2D eigenvalue weighted by atomic mass is 35.5. The lowest BCUT2D eigenvalue weighted by atomic mass is 9.99.